The van der Waals surface area contributed by atoms with Gasteiger partial charge in [0.05, 0.1) is 0 Å². The number of alkyl halides is 3. The molecule has 0 amide bonds. The maximum atomic E-state index is 13.5. The normalized spacial score (nSPS) is 12.8. The van der Waals surface area contributed by atoms with E-state index in [0.29, 0.717) is 16.9 Å². The summed E-state index contributed by atoms with van der Waals surface area (Å²) in [5.74, 6) is 0.151. The molecular formula is C24H17F3N4O2S. The smallest absolute Gasteiger partial charge is 0.308 e. The fraction of sp³-hybridized carbons (Fsp3) is 0.0417. The molecule has 34 heavy (non-hydrogen) atoms. The highest BCUT2D eigenvalue weighted by Crippen LogP contribution is 2.34. The minimum atomic E-state index is -4.61. The quantitative estimate of drug-likeness (QED) is 0.165. The summed E-state index contributed by atoms with van der Waals surface area (Å²) in [4.78, 5) is 6.04. The Bertz CT molecular complexity index is 1530. The number of benzene rings is 4. The van der Waals surface area contributed by atoms with Gasteiger partial charge in [0.25, 0.3) is 0 Å². The molecular weight excluding hydrogens is 465 g/mol. The van der Waals surface area contributed by atoms with Crippen molar-refractivity contribution in [3.63, 3.8) is 0 Å². The van der Waals surface area contributed by atoms with Crippen LogP contribution in [0.2, 0.25) is 0 Å². The van der Waals surface area contributed by atoms with Gasteiger partial charge in [-0.05, 0) is 51.9 Å². The Kier molecular flexibility index (Phi) is 5.56. The van der Waals surface area contributed by atoms with Gasteiger partial charge in [-0.25, -0.2) is 9.19 Å². The monoisotopic (exact) mass is 482 g/mol. The van der Waals surface area contributed by atoms with Gasteiger partial charge in [0.15, 0.2) is 5.69 Å². The molecule has 5 aromatic rings. The van der Waals surface area contributed by atoms with E-state index in [4.69, 9.17) is 4.55 Å². The van der Waals surface area contributed by atoms with E-state index in [0.717, 1.165) is 27.7 Å². The van der Waals surface area contributed by atoms with Crippen LogP contribution in [0.4, 0.5) is 18.9 Å². The lowest BCUT2D eigenvalue weighted by atomic mass is 10.00. The summed E-state index contributed by atoms with van der Waals surface area (Å²) in [5, 5.41) is 4.03. The zero-order valence-electron chi connectivity index (χ0n) is 17.4. The van der Waals surface area contributed by atoms with Crippen LogP contribution in [0.25, 0.3) is 38.6 Å². The second-order valence-corrected chi connectivity index (χ2v) is 8.27. The predicted molar refractivity (Wildman–Crippen MR) is 127 cm³/mol. The highest BCUT2D eigenvalue weighted by molar-refractivity contribution is 7.77. The molecule has 0 aliphatic carbocycles. The van der Waals surface area contributed by atoms with Crippen LogP contribution in [-0.4, -0.2) is 18.3 Å². The summed E-state index contributed by atoms with van der Waals surface area (Å²) in [6.07, 6.45) is -3.65. The molecule has 0 aliphatic heterocycles. The van der Waals surface area contributed by atoms with Crippen LogP contribution in [0, 0.1) is 0 Å². The molecule has 0 aliphatic rings. The van der Waals surface area contributed by atoms with Gasteiger partial charge in [0.1, 0.15) is 5.82 Å². The number of anilines is 1. The van der Waals surface area contributed by atoms with Gasteiger partial charge in [0.2, 0.25) is 11.3 Å². The Morgan fingerprint density at radius 2 is 1.59 bits per heavy atom. The molecule has 3 N–H and O–H groups in total. The molecule has 0 saturated heterocycles. The van der Waals surface area contributed by atoms with Crippen molar-refractivity contribution in [1.82, 2.24) is 14.4 Å². The number of halogens is 3. The van der Waals surface area contributed by atoms with Gasteiger partial charge < -0.3 is 5.43 Å². The third kappa shape index (κ3) is 4.26. The Morgan fingerprint density at radius 1 is 0.882 bits per heavy atom. The van der Waals surface area contributed by atoms with Crippen LogP contribution >= 0.6 is 0 Å². The fourth-order valence-electron chi connectivity index (χ4n) is 3.88. The third-order valence-electron chi connectivity index (χ3n) is 5.43. The molecule has 0 spiro atoms. The minimum absolute atomic E-state index is 0.151. The van der Waals surface area contributed by atoms with Crippen molar-refractivity contribution in [2.75, 3.05) is 5.43 Å². The summed E-state index contributed by atoms with van der Waals surface area (Å²) in [7, 11) is 0. The van der Waals surface area contributed by atoms with E-state index in [1.54, 1.807) is 30.3 Å². The molecule has 10 heteroatoms. The molecule has 0 fully saturated rings. The number of hydrogen-bond acceptors (Lipinski definition) is 3. The molecule has 1 unspecified atom stereocenters. The van der Waals surface area contributed by atoms with E-state index in [9.17, 15) is 17.4 Å². The van der Waals surface area contributed by atoms with Gasteiger partial charge in [0, 0.05) is 23.1 Å². The van der Waals surface area contributed by atoms with Crippen LogP contribution < -0.4 is 10.3 Å². The van der Waals surface area contributed by atoms with Gasteiger partial charge in [-0.1, -0.05) is 48.5 Å². The van der Waals surface area contributed by atoms with Crippen LogP contribution in [-0.2, 0) is 17.4 Å². The lowest BCUT2D eigenvalue weighted by Crippen LogP contribution is -2.23. The summed E-state index contributed by atoms with van der Waals surface area (Å²) in [6, 6.07) is 23.7. The molecule has 1 heterocycles. The van der Waals surface area contributed by atoms with E-state index < -0.39 is 23.1 Å². The standard InChI is InChI=1S/C24H17F3N4O2S/c25-24(26,27)22-14-31(19-10-8-18(9-11-19)29-30-34(32)33)23(28-22)17-7-12-21-16(13-17)6-5-15-3-1-2-4-20(15)21/h1-14,29-30H,(H,32,33). The molecule has 172 valence electrons. The highest BCUT2D eigenvalue weighted by atomic mass is 32.2. The fourth-order valence-corrected chi connectivity index (χ4v) is 4.08. The lowest BCUT2D eigenvalue weighted by molar-refractivity contribution is -0.140. The number of nitrogens with zero attached hydrogens (tertiary/aromatic N) is 2. The topological polar surface area (TPSA) is 79.2 Å². The first-order valence-electron chi connectivity index (χ1n) is 10.1. The number of nitrogens with one attached hydrogen (secondary N) is 2. The SMILES string of the molecule is O=S(O)NNc1ccc(-n2cc(C(F)(F)F)nc2-c2ccc3c(ccc4ccccc43)c2)cc1. The van der Waals surface area contributed by atoms with Gasteiger partial charge in [-0.15, -0.1) is 4.83 Å². The maximum Gasteiger partial charge on any atom is 0.434 e. The average Bonchev–Trinajstić information content (AvgIpc) is 3.29. The first-order chi connectivity index (χ1) is 16.3. The second kappa shape index (κ2) is 8.56. The van der Waals surface area contributed by atoms with Crippen molar-refractivity contribution in [1.29, 1.82) is 0 Å². The summed E-state index contributed by atoms with van der Waals surface area (Å²) >= 11 is -2.26. The molecule has 0 saturated carbocycles. The van der Waals surface area contributed by atoms with Crippen molar-refractivity contribution in [2.45, 2.75) is 6.18 Å². The number of fused-ring (bicyclic) bond motifs is 3. The van der Waals surface area contributed by atoms with Crippen molar-refractivity contribution < 1.29 is 21.9 Å². The number of rotatable bonds is 5. The van der Waals surface area contributed by atoms with E-state index >= 15 is 0 Å². The predicted octanol–water partition coefficient (Wildman–Crippen LogP) is 5.92. The first-order valence-corrected chi connectivity index (χ1v) is 11.2. The Balaban J connectivity index is 1.61. The van der Waals surface area contributed by atoms with E-state index in [1.807, 2.05) is 48.5 Å². The number of aromatic nitrogens is 2. The van der Waals surface area contributed by atoms with Crippen LogP contribution in [0.15, 0.2) is 85.1 Å². The summed E-state index contributed by atoms with van der Waals surface area (Å²) in [5.41, 5.74) is 2.98. The lowest BCUT2D eigenvalue weighted by Gasteiger charge is -2.11. The second-order valence-electron chi connectivity index (χ2n) is 7.56. The maximum absolute atomic E-state index is 13.5. The van der Waals surface area contributed by atoms with Gasteiger partial charge in [-0.2, -0.15) is 13.2 Å². The molecule has 1 atom stereocenters. The Hall–Kier alpha value is -3.73. The van der Waals surface area contributed by atoms with Gasteiger partial charge in [-0.3, -0.25) is 9.12 Å². The molecule has 1 aromatic heterocycles. The molecule has 0 bridgehead atoms. The molecule has 5 rings (SSSR count). The number of hydrazine groups is 1. The average molecular weight is 482 g/mol. The zero-order valence-corrected chi connectivity index (χ0v) is 18.2. The highest BCUT2D eigenvalue weighted by Gasteiger charge is 2.35. The molecule has 6 nitrogen and oxygen atoms in total. The van der Waals surface area contributed by atoms with Crippen molar-refractivity contribution >= 4 is 38.5 Å². The van der Waals surface area contributed by atoms with Crippen molar-refractivity contribution in [3.8, 4) is 17.1 Å². The first kappa shape index (κ1) is 22.1. The Labute approximate surface area is 194 Å². The van der Waals surface area contributed by atoms with Gasteiger partial charge >= 0.3 is 6.18 Å². The molecule has 0 radical (unpaired) electrons. The summed E-state index contributed by atoms with van der Waals surface area (Å²) < 4.78 is 61.5. The van der Waals surface area contributed by atoms with Crippen molar-refractivity contribution in [3.05, 3.63) is 90.8 Å². The number of hydrogen-bond donors (Lipinski definition) is 3. The largest absolute Gasteiger partial charge is 0.434 e. The number of imidazole rings is 1. The van der Waals surface area contributed by atoms with E-state index in [-0.39, 0.29) is 5.82 Å². The third-order valence-corrected chi connectivity index (χ3v) is 5.70. The van der Waals surface area contributed by atoms with Crippen LogP contribution in [0.1, 0.15) is 5.69 Å². The van der Waals surface area contributed by atoms with Crippen molar-refractivity contribution in [2.24, 2.45) is 0 Å². The van der Waals surface area contributed by atoms with E-state index in [1.165, 1.54) is 4.57 Å². The van der Waals surface area contributed by atoms with E-state index in [2.05, 4.69) is 15.2 Å². The van der Waals surface area contributed by atoms with Crippen LogP contribution in [0.3, 0.4) is 0 Å². The molecule has 4 aromatic carbocycles. The summed E-state index contributed by atoms with van der Waals surface area (Å²) in [6.45, 7) is 0. The zero-order chi connectivity index (χ0) is 23.9. The Morgan fingerprint density at radius 3 is 2.32 bits per heavy atom. The minimum Gasteiger partial charge on any atom is -0.308 e. The van der Waals surface area contributed by atoms with Crippen LogP contribution in [0.5, 0.6) is 0 Å².